The molecule has 0 saturated carbocycles. The molecule has 0 amide bonds. The Bertz CT molecular complexity index is 838. The number of aliphatic carboxylic acids is 1. The van der Waals surface area contributed by atoms with Crippen molar-refractivity contribution in [3.63, 3.8) is 0 Å². The average Bonchev–Trinajstić information content (AvgIpc) is 2.78. The summed E-state index contributed by atoms with van der Waals surface area (Å²) in [5.74, 6) is -3.68. The lowest BCUT2D eigenvalue weighted by atomic mass is 9.82. The Morgan fingerprint density at radius 3 is 2.03 bits per heavy atom. The molecule has 0 radical (unpaired) electrons. The van der Waals surface area contributed by atoms with E-state index in [2.05, 4.69) is 0 Å². The van der Waals surface area contributed by atoms with Gasteiger partial charge in [0.1, 0.15) is 6.04 Å². The summed E-state index contributed by atoms with van der Waals surface area (Å²) in [6, 6.07) is 3.13. The number of ether oxygens (including phenoxy) is 3. The van der Waals surface area contributed by atoms with E-state index in [0.717, 1.165) is 6.42 Å². The third kappa shape index (κ3) is 8.84. The predicted molar refractivity (Wildman–Crippen MR) is 121 cm³/mol. The molecule has 0 bridgehead atoms. The molecule has 184 valence electrons. The molecule has 9 nitrogen and oxygen atoms in total. The van der Waals surface area contributed by atoms with Crippen LogP contribution in [0.1, 0.15) is 71.8 Å². The first-order valence-electron chi connectivity index (χ1n) is 11.2. The van der Waals surface area contributed by atoms with Gasteiger partial charge >= 0.3 is 23.9 Å². The van der Waals surface area contributed by atoms with E-state index in [1.54, 1.807) is 26.8 Å². The number of carbonyl (C=O) groups excluding carboxylic acids is 3. The van der Waals surface area contributed by atoms with Crippen molar-refractivity contribution in [2.45, 2.75) is 72.3 Å². The molecular formula is C24H35NO8. The molecule has 1 aromatic rings. The second-order valence-electron chi connectivity index (χ2n) is 8.13. The SMILES string of the molecule is CCC(=O)Oc1ccc(C(C(C)COC(=O)CC(C)CC)[C@H](N)C(=O)O)cc1OC(=O)CC. The zero-order valence-electron chi connectivity index (χ0n) is 20.0. The van der Waals surface area contributed by atoms with Crippen molar-refractivity contribution in [2.24, 2.45) is 17.6 Å². The quantitative estimate of drug-likeness (QED) is 0.331. The number of hydrogen-bond acceptors (Lipinski definition) is 8. The van der Waals surface area contributed by atoms with Crippen molar-refractivity contribution in [1.29, 1.82) is 0 Å². The fourth-order valence-corrected chi connectivity index (χ4v) is 3.14. The van der Waals surface area contributed by atoms with Crippen molar-refractivity contribution in [2.75, 3.05) is 6.61 Å². The summed E-state index contributed by atoms with van der Waals surface area (Å²) in [6.45, 7) is 8.86. The van der Waals surface area contributed by atoms with Gasteiger partial charge in [-0.15, -0.1) is 0 Å². The van der Waals surface area contributed by atoms with Gasteiger partial charge in [-0.05, 0) is 29.5 Å². The molecule has 0 heterocycles. The van der Waals surface area contributed by atoms with Crippen molar-refractivity contribution in [3.8, 4) is 11.5 Å². The van der Waals surface area contributed by atoms with E-state index in [9.17, 15) is 24.3 Å². The van der Waals surface area contributed by atoms with Crippen LogP contribution in [-0.4, -0.2) is 41.6 Å². The molecule has 0 aliphatic heterocycles. The van der Waals surface area contributed by atoms with Crippen LogP contribution in [0.2, 0.25) is 0 Å². The number of carboxylic acid groups (broad SMARTS) is 1. The normalized spacial score (nSPS) is 14.5. The Morgan fingerprint density at radius 2 is 1.52 bits per heavy atom. The van der Waals surface area contributed by atoms with Crippen LogP contribution in [0.15, 0.2) is 18.2 Å². The van der Waals surface area contributed by atoms with E-state index < -0.39 is 35.8 Å². The predicted octanol–water partition coefficient (Wildman–Crippen LogP) is 3.43. The number of benzene rings is 1. The Morgan fingerprint density at radius 1 is 0.939 bits per heavy atom. The van der Waals surface area contributed by atoms with Gasteiger partial charge in [-0.3, -0.25) is 19.2 Å². The first kappa shape index (κ1) is 28.1. The lowest BCUT2D eigenvalue weighted by molar-refractivity contribution is -0.146. The number of carboxylic acids is 1. The van der Waals surface area contributed by atoms with Gasteiger partial charge in [-0.1, -0.05) is 47.1 Å². The monoisotopic (exact) mass is 465 g/mol. The summed E-state index contributed by atoms with van der Waals surface area (Å²) < 4.78 is 15.9. The second kappa shape index (κ2) is 13.6. The number of nitrogens with two attached hydrogens (primary N) is 1. The van der Waals surface area contributed by atoms with E-state index in [4.69, 9.17) is 19.9 Å². The van der Waals surface area contributed by atoms with Crippen LogP contribution in [0.4, 0.5) is 0 Å². The highest BCUT2D eigenvalue weighted by molar-refractivity contribution is 5.77. The van der Waals surface area contributed by atoms with Crippen LogP contribution >= 0.6 is 0 Å². The van der Waals surface area contributed by atoms with E-state index in [1.807, 2.05) is 13.8 Å². The maximum atomic E-state index is 12.1. The molecule has 1 aromatic carbocycles. The van der Waals surface area contributed by atoms with E-state index in [1.165, 1.54) is 12.1 Å². The summed E-state index contributed by atoms with van der Waals surface area (Å²) >= 11 is 0. The highest BCUT2D eigenvalue weighted by Crippen LogP contribution is 2.36. The van der Waals surface area contributed by atoms with Gasteiger partial charge in [-0.25, -0.2) is 0 Å². The molecule has 0 aliphatic rings. The van der Waals surface area contributed by atoms with Gasteiger partial charge in [0.25, 0.3) is 0 Å². The average molecular weight is 466 g/mol. The van der Waals surface area contributed by atoms with E-state index >= 15 is 0 Å². The third-order valence-electron chi connectivity index (χ3n) is 5.38. The van der Waals surface area contributed by atoms with Crippen molar-refractivity contribution in [3.05, 3.63) is 23.8 Å². The summed E-state index contributed by atoms with van der Waals surface area (Å²) in [5.41, 5.74) is 6.44. The largest absolute Gasteiger partial charge is 0.480 e. The molecule has 0 saturated heterocycles. The van der Waals surface area contributed by atoms with Crippen LogP contribution in [-0.2, 0) is 23.9 Å². The van der Waals surface area contributed by atoms with Crippen molar-refractivity contribution in [1.82, 2.24) is 0 Å². The van der Waals surface area contributed by atoms with Crippen LogP contribution in [0, 0.1) is 11.8 Å². The first-order valence-corrected chi connectivity index (χ1v) is 11.2. The Kier molecular flexibility index (Phi) is 11.6. The molecule has 9 heteroatoms. The summed E-state index contributed by atoms with van der Waals surface area (Å²) in [4.78, 5) is 47.5. The van der Waals surface area contributed by atoms with Gasteiger partial charge in [0.2, 0.25) is 0 Å². The zero-order valence-corrected chi connectivity index (χ0v) is 20.0. The zero-order chi connectivity index (χ0) is 25.1. The molecule has 0 aromatic heterocycles. The lowest BCUT2D eigenvalue weighted by Gasteiger charge is -2.28. The van der Waals surface area contributed by atoms with Crippen LogP contribution in [0.5, 0.6) is 11.5 Å². The minimum Gasteiger partial charge on any atom is -0.480 e. The molecule has 0 spiro atoms. The minimum absolute atomic E-state index is 0.00953. The fourth-order valence-electron chi connectivity index (χ4n) is 3.14. The standard InChI is InChI=1S/C24H35NO8/c1-6-14(4)11-21(28)31-13-15(5)22(23(25)24(29)30)16-9-10-17(32-19(26)7-2)18(12-16)33-20(27)8-3/h9-10,12,14-15,22-23H,6-8,11,13,25H2,1-5H3,(H,29,30)/t14?,15?,22?,23-/m0/s1. The molecule has 3 N–H and O–H groups in total. The summed E-state index contributed by atoms with van der Waals surface area (Å²) in [6.07, 6.45) is 1.32. The molecule has 33 heavy (non-hydrogen) atoms. The first-order chi connectivity index (χ1) is 15.5. The van der Waals surface area contributed by atoms with Gasteiger partial charge in [0.05, 0.1) is 6.61 Å². The molecule has 3 unspecified atom stereocenters. The maximum absolute atomic E-state index is 12.1. The fraction of sp³-hybridized carbons (Fsp3) is 0.583. The third-order valence-corrected chi connectivity index (χ3v) is 5.38. The van der Waals surface area contributed by atoms with E-state index in [-0.39, 0.29) is 49.3 Å². The number of esters is 3. The molecule has 1 rings (SSSR count). The highest BCUT2D eigenvalue weighted by atomic mass is 16.6. The number of hydrogen-bond donors (Lipinski definition) is 2. The highest BCUT2D eigenvalue weighted by Gasteiger charge is 2.32. The smallest absolute Gasteiger partial charge is 0.321 e. The molecule has 4 atom stereocenters. The van der Waals surface area contributed by atoms with Crippen LogP contribution in [0.3, 0.4) is 0 Å². The van der Waals surface area contributed by atoms with Gasteiger partial charge < -0.3 is 25.1 Å². The summed E-state index contributed by atoms with van der Waals surface area (Å²) in [5, 5.41) is 9.56. The van der Waals surface area contributed by atoms with Crippen LogP contribution in [0.25, 0.3) is 0 Å². The van der Waals surface area contributed by atoms with Gasteiger partial charge in [0, 0.05) is 25.2 Å². The topological polar surface area (TPSA) is 142 Å². The Balaban J connectivity index is 3.25. The van der Waals surface area contributed by atoms with Gasteiger partial charge in [-0.2, -0.15) is 0 Å². The molecular weight excluding hydrogens is 430 g/mol. The molecule has 0 fully saturated rings. The number of carbonyl (C=O) groups is 4. The minimum atomic E-state index is -1.31. The Labute approximate surface area is 194 Å². The van der Waals surface area contributed by atoms with Gasteiger partial charge in [0.15, 0.2) is 11.5 Å². The maximum Gasteiger partial charge on any atom is 0.321 e. The van der Waals surface area contributed by atoms with E-state index in [0.29, 0.717) is 5.56 Å². The Hall–Kier alpha value is -2.94. The van der Waals surface area contributed by atoms with Crippen LogP contribution < -0.4 is 15.2 Å². The lowest BCUT2D eigenvalue weighted by Crippen LogP contribution is -2.40. The second-order valence-corrected chi connectivity index (χ2v) is 8.13. The number of rotatable bonds is 13. The van der Waals surface area contributed by atoms with Crippen molar-refractivity contribution >= 4 is 23.9 Å². The van der Waals surface area contributed by atoms with Crippen molar-refractivity contribution < 1.29 is 38.5 Å². The molecule has 0 aliphatic carbocycles. The summed E-state index contributed by atoms with van der Waals surface area (Å²) in [7, 11) is 0.